The van der Waals surface area contributed by atoms with Gasteiger partial charge in [0.25, 0.3) is 69.8 Å². The molecular formula is C95H84Br2N12O30. The molecule has 5 aromatic heterocycles. The maximum atomic E-state index is 12.6. The Labute approximate surface area is 801 Å². The number of carbonyl (C=O) groups excluding carboxylic acids is 10. The number of nitro benzene ring substituents is 2. The SMILES string of the molecule is COc1cccc(Cn2c(C)c(C(=O)C(N)=O)c3c(OCC(=O)O)cccc32)c1.Cc1c(C(=O)C(N)=O)c2c(OCC(=O)O)cc([N+](=O)[O-])cc2n1Cc1ccccc1.Cc1c(C(=O)C(N)=O)c2c(OCC(=O)O)ccc(Br)c2n1Cc1ccccc1.Cc1c(C(=O)C(N)=O)c2c(OCC(=O)O)ccc([N+](=O)[O-])c2n1Cc1ccccc1.Cc1c(C(=O)C(N)=O)c2c(OCC(=O)O)cccc2n1CBr. The lowest BCUT2D eigenvalue weighted by atomic mass is 10.0. The number of carboxylic acid groups (broad SMARTS) is 5. The number of hydrogen-bond acceptors (Lipinski definition) is 25. The van der Waals surface area contributed by atoms with Gasteiger partial charge in [-0.1, -0.05) is 131 Å². The molecule has 14 aromatic rings. The Kier molecular flexibility index (Phi) is 33.7. The highest BCUT2D eigenvalue weighted by Crippen LogP contribution is 2.44. The van der Waals surface area contributed by atoms with Crippen molar-refractivity contribution >= 4 is 186 Å². The Morgan fingerprint density at radius 3 is 1.00 bits per heavy atom. The first-order valence-electron chi connectivity index (χ1n) is 40.9. The summed E-state index contributed by atoms with van der Waals surface area (Å²) in [4.78, 5) is 197. The number of carbonyl (C=O) groups is 15. The number of primary amides is 5. The van der Waals surface area contributed by atoms with Crippen molar-refractivity contribution in [1.82, 2.24) is 22.8 Å². The quantitative estimate of drug-likeness (QED) is 0.00568. The van der Waals surface area contributed by atoms with Crippen LogP contribution in [-0.2, 0) is 79.6 Å². The minimum absolute atomic E-state index is 0.0253. The summed E-state index contributed by atoms with van der Waals surface area (Å²) in [7, 11) is 1.57. The van der Waals surface area contributed by atoms with Gasteiger partial charge in [0, 0.05) is 71.3 Å². The fourth-order valence-corrected chi connectivity index (χ4v) is 16.6. The summed E-state index contributed by atoms with van der Waals surface area (Å²) in [5, 5.41) is 68.8. The van der Waals surface area contributed by atoms with E-state index in [0.29, 0.717) is 84.3 Å². The Morgan fingerprint density at radius 1 is 0.331 bits per heavy atom. The number of amides is 5. The summed E-state index contributed by atoms with van der Waals surface area (Å²) in [5.41, 5.74) is 33.8. The van der Waals surface area contributed by atoms with Gasteiger partial charge in [-0.2, -0.15) is 0 Å². The van der Waals surface area contributed by atoms with E-state index in [1.807, 2.05) is 100 Å². The number of nitro groups is 2. The molecule has 44 heteroatoms. The van der Waals surface area contributed by atoms with Crippen molar-refractivity contribution in [3.8, 4) is 34.5 Å². The highest BCUT2D eigenvalue weighted by atomic mass is 79.9. The molecular weight excluding hydrogens is 1950 g/mol. The Hall–Kier alpha value is -17.7. The van der Waals surface area contributed by atoms with Crippen molar-refractivity contribution in [1.29, 1.82) is 0 Å². The molecule has 0 saturated heterocycles. The third-order valence-electron chi connectivity index (χ3n) is 21.3. The van der Waals surface area contributed by atoms with Gasteiger partial charge in [0.1, 0.15) is 40.0 Å². The molecule has 0 spiro atoms. The van der Waals surface area contributed by atoms with Crippen molar-refractivity contribution in [2.75, 3.05) is 40.1 Å². The zero-order chi connectivity index (χ0) is 102. The van der Waals surface area contributed by atoms with E-state index < -0.39 is 131 Å². The molecule has 9 aromatic carbocycles. The lowest BCUT2D eigenvalue weighted by Gasteiger charge is -2.11. The van der Waals surface area contributed by atoms with Gasteiger partial charge in [0.2, 0.25) is 0 Å². The van der Waals surface area contributed by atoms with Crippen molar-refractivity contribution in [3.63, 3.8) is 0 Å². The number of aromatic nitrogens is 5. The molecule has 0 saturated carbocycles. The van der Waals surface area contributed by atoms with E-state index >= 15 is 0 Å². The minimum Gasteiger partial charge on any atom is -0.497 e. The number of benzene rings is 9. The number of alkyl halides is 1. The van der Waals surface area contributed by atoms with Gasteiger partial charge in [-0.25, -0.2) is 24.0 Å². The van der Waals surface area contributed by atoms with Gasteiger partial charge in [-0.15, -0.1) is 0 Å². The van der Waals surface area contributed by atoms with Gasteiger partial charge in [0.05, 0.1) is 105 Å². The summed E-state index contributed by atoms with van der Waals surface area (Å²) >= 11 is 6.81. The monoisotopic (exact) mass is 2030 g/mol. The van der Waals surface area contributed by atoms with Gasteiger partial charge < -0.3 is 105 Å². The molecule has 0 unspecified atom stereocenters. The molecule has 0 atom stereocenters. The normalized spacial score (nSPS) is 10.7. The third kappa shape index (κ3) is 23.6. The Balaban J connectivity index is 0.000000180. The molecule has 42 nitrogen and oxygen atoms in total. The number of ketones is 5. The predicted molar refractivity (Wildman–Crippen MR) is 505 cm³/mol. The summed E-state index contributed by atoms with van der Waals surface area (Å²) in [6, 6.07) is 53.1. The second kappa shape index (κ2) is 45.3. The lowest BCUT2D eigenvalue weighted by molar-refractivity contribution is -0.384. The Bertz CT molecular complexity index is 7340. The third-order valence-corrected chi connectivity index (χ3v) is 22.5. The van der Waals surface area contributed by atoms with E-state index in [2.05, 4.69) is 31.9 Å². The van der Waals surface area contributed by atoms with Crippen molar-refractivity contribution in [2.24, 2.45) is 28.7 Å². The van der Waals surface area contributed by atoms with Crippen LogP contribution in [0.1, 0.15) is 103 Å². The van der Waals surface area contributed by atoms with Gasteiger partial charge in [-0.3, -0.25) is 68.2 Å². The first kappa shape index (κ1) is 103. The lowest BCUT2D eigenvalue weighted by Crippen LogP contribution is -2.24. The number of non-ortho nitro benzene ring substituents is 2. The van der Waals surface area contributed by atoms with E-state index in [1.54, 1.807) is 117 Å². The van der Waals surface area contributed by atoms with Crippen molar-refractivity contribution < 1.29 is 136 Å². The van der Waals surface area contributed by atoms with Crippen LogP contribution in [0.2, 0.25) is 0 Å². The van der Waals surface area contributed by atoms with Gasteiger partial charge >= 0.3 is 29.8 Å². The van der Waals surface area contributed by atoms with Crippen LogP contribution in [0.5, 0.6) is 34.5 Å². The number of methoxy groups -OCH3 is 1. The molecule has 0 bridgehead atoms. The van der Waals surface area contributed by atoms with Crippen LogP contribution < -0.4 is 57.1 Å². The second-order valence-electron chi connectivity index (χ2n) is 30.1. The van der Waals surface area contributed by atoms with E-state index in [0.717, 1.165) is 28.3 Å². The number of rotatable bonds is 37. The average molecular weight is 2030 g/mol. The van der Waals surface area contributed by atoms with Crippen molar-refractivity contribution in [2.45, 2.75) is 66.3 Å². The standard InChI is InChI=1S/C21H20N2O6.C20H17BrN2O5.2C20H17N3O7.C14H13BrN2O5/c1-12-18(20(26)21(22)27)19-15(7-4-8-16(19)29-11-17(24)25)23(12)10-13-5-3-6-14(9-13)28-2;1-11-16(19(26)20(22)27)17-14(28-10-15(24)25)8-7-13(21)18(17)23(11)9-12-5-3-2-4-6-12;1-11-17(19(26)20(21)27)18-14(22(11)9-12-5-3-2-4-6-12)7-13(23(28)29)8-15(18)30-10-16(24)25;1-11-16(19(26)20(21)27)17-14(30-10-15(24)25)8-7-13(23(28)29)18(17)22(11)9-12-5-3-2-4-6-12;1-7-11(13(20)14(16)21)12-8(17(7)6-15)3-2-4-9(12)22-5-10(18)19/h3-9H,10-11H2,1-2H3,(H2,22,27)(H,24,25);2-8H,9-10H2,1H3,(H2,22,27)(H,24,25);2*2-8H,9-10H2,1H3,(H2,21,27)(H,24,25);2-4H,5-6H2,1H3,(H2,16,21)(H,18,19). The van der Waals surface area contributed by atoms with Crippen LogP contribution in [-0.4, -0.2) is 187 Å². The number of nitrogens with zero attached hydrogens (tertiary/aromatic N) is 7. The summed E-state index contributed by atoms with van der Waals surface area (Å²) < 4.78 is 41.1. The van der Waals surface area contributed by atoms with E-state index in [4.69, 9.17) is 82.6 Å². The number of hydrogen-bond donors (Lipinski definition) is 10. The zero-order valence-electron chi connectivity index (χ0n) is 74.2. The number of carboxylic acids is 5. The number of ether oxygens (including phenoxy) is 6. The topological polar surface area (TPSA) is 654 Å². The highest BCUT2D eigenvalue weighted by molar-refractivity contribution is 9.10. The van der Waals surface area contributed by atoms with Gasteiger partial charge in [0.15, 0.2) is 33.0 Å². The Morgan fingerprint density at radius 2 is 0.633 bits per heavy atom. The average Bonchev–Trinajstić information content (AvgIpc) is 1.60. The molecule has 15 N–H and O–H groups in total. The second-order valence-corrected chi connectivity index (χ2v) is 31.5. The molecule has 14 rings (SSSR count). The van der Waals surface area contributed by atoms with Crippen molar-refractivity contribution in [3.05, 3.63) is 291 Å². The molecule has 718 valence electrons. The maximum absolute atomic E-state index is 12.6. The van der Waals surface area contributed by atoms with Crippen LogP contribution >= 0.6 is 31.9 Å². The molecule has 5 heterocycles. The van der Waals surface area contributed by atoms with Crippen LogP contribution in [0.15, 0.2) is 193 Å². The highest BCUT2D eigenvalue weighted by Gasteiger charge is 2.35. The molecule has 5 amide bonds. The smallest absolute Gasteiger partial charge is 0.341 e. The fraction of sp³-hybridized carbons (Fsp3) is 0.168. The summed E-state index contributed by atoms with van der Waals surface area (Å²) in [6.45, 7) is 6.22. The number of fused-ring (bicyclic) bond motifs is 5. The molecule has 139 heavy (non-hydrogen) atoms. The zero-order valence-corrected chi connectivity index (χ0v) is 77.4. The van der Waals surface area contributed by atoms with E-state index in [9.17, 15) is 92.1 Å². The largest absolute Gasteiger partial charge is 0.497 e. The molecule has 0 aliphatic carbocycles. The molecule has 0 aliphatic rings. The van der Waals surface area contributed by atoms with E-state index in [1.165, 1.54) is 29.7 Å². The molecule has 0 radical (unpaired) electrons. The van der Waals surface area contributed by atoms with E-state index in [-0.39, 0.29) is 109 Å². The van der Waals surface area contributed by atoms with Gasteiger partial charge in [-0.05, 0) is 127 Å². The fourth-order valence-electron chi connectivity index (χ4n) is 15.4. The summed E-state index contributed by atoms with van der Waals surface area (Å²) in [5.74, 6) is -15.3. The predicted octanol–water partition coefficient (Wildman–Crippen LogP) is 10.5. The van der Waals surface area contributed by atoms with Crippen LogP contribution in [0, 0.1) is 54.8 Å². The first-order chi connectivity index (χ1) is 65.9. The number of halogens is 2. The van der Waals surface area contributed by atoms with Crippen LogP contribution in [0.4, 0.5) is 11.4 Å². The molecule has 0 aliphatic heterocycles. The minimum atomic E-state index is -1.31. The summed E-state index contributed by atoms with van der Waals surface area (Å²) in [6.07, 6.45) is 0. The number of aliphatic carboxylic acids is 5. The molecule has 0 fully saturated rings. The van der Waals surface area contributed by atoms with Crippen LogP contribution in [0.25, 0.3) is 54.5 Å². The van der Waals surface area contributed by atoms with Crippen LogP contribution in [0.3, 0.4) is 0 Å². The maximum Gasteiger partial charge on any atom is 0.341 e. The number of Topliss-reactive ketones (excluding diaryl/α,β-unsaturated/α-hetero) is 5. The number of nitrogens with two attached hydrogens (primary N) is 5. The first-order valence-corrected chi connectivity index (χ1v) is 42.8.